The molecular weight excluding hydrogens is 386 g/mol. The molecule has 10 heteroatoms. The summed E-state index contributed by atoms with van der Waals surface area (Å²) in [6.07, 6.45) is 0. The molecule has 28 heavy (non-hydrogen) atoms. The molecule has 1 aromatic carbocycles. The molecule has 3 rings (SSSR count). The van der Waals surface area contributed by atoms with E-state index in [0.717, 1.165) is 0 Å². The number of hydrogen-bond donors (Lipinski definition) is 0. The quantitative estimate of drug-likeness (QED) is 0.680. The average Bonchev–Trinajstić information content (AvgIpc) is 3.05. The van der Waals surface area contributed by atoms with Crippen LogP contribution in [0.2, 0.25) is 0 Å². The fraction of sp³-hybridized carbons (Fsp3) is 0.389. The summed E-state index contributed by atoms with van der Waals surface area (Å²) >= 11 is 0. The Kier molecular flexibility index (Phi) is 5.80. The van der Waals surface area contributed by atoms with Crippen LogP contribution in [0.5, 0.6) is 0 Å². The van der Waals surface area contributed by atoms with Gasteiger partial charge in [0.05, 0.1) is 10.6 Å². The predicted molar refractivity (Wildman–Crippen MR) is 98.0 cm³/mol. The van der Waals surface area contributed by atoms with Gasteiger partial charge in [-0.05, 0) is 26.0 Å². The number of nitrogens with zero attached hydrogens (tertiary/aromatic N) is 3. The van der Waals surface area contributed by atoms with Gasteiger partial charge in [-0.1, -0.05) is 23.4 Å². The summed E-state index contributed by atoms with van der Waals surface area (Å²) < 4.78 is 36.5. The van der Waals surface area contributed by atoms with E-state index in [0.29, 0.717) is 11.5 Å². The number of aryl methyl sites for hydroxylation is 2. The molecule has 0 N–H and O–H groups in total. The highest BCUT2D eigenvalue weighted by molar-refractivity contribution is 7.89. The maximum absolute atomic E-state index is 12.6. The number of piperazine rings is 1. The molecule has 1 saturated heterocycles. The number of benzene rings is 1. The van der Waals surface area contributed by atoms with Crippen LogP contribution in [0, 0.1) is 13.8 Å². The van der Waals surface area contributed by atoms with E-state index in [2.05, 4.69) is 5.16 Å². The molecule has 0 radical (unpaired) electrons. The van der Waals surface area contributed by atoms with Crippen molar-refractivity contribution < 1.29 is 27.3 Å². The predicted octanol–water partition coefficient (Wildman–Crippen LogP) is 0.981. The minimum Gasteiger partial charge on any atom is -0.452 e. The molecule has 1 fully saturated rings. The fourth-order valence-corrected chi connectivity index (χ4v) is 4.43. The standard InChI is InChI=1S/C18H21N3O6S/c1-13-17(14(2)27-19-13)18(23)26-12-16(22)20-8-10-21(11-9-20)28(24,25)15-6-4-3-5-7-15/h3-7H,8-12H2,1-2H3. The summed E-state index contributed by atoms with van der Waals surface area (Å²) in [6.45, 7) is 3.60. The number of aromatic nitrogens is 1. The second-order valence-corrected chi connectivity index (χ2v) is 8.31. The third kappa shape index (κ3) is 4.07. The molecule has 1 aromatic heterocycles. The summed E-state index contributed by atoms with van der Waals surface area (Å²) in [5, 5.41) is 3.68. The Labute approximate surface area is 162 Å². The Morgan fingerprint density at radius 1 is 1.11 bits per heavy atom. The van der Waals surface area contributed by atoms with Crippen LogP contribution in [0.3, 0.4) is 0 Å². The second-order valence-electron chi connectivity index (χ2n) is 6.37. The number of hydrogen-bond acceptors (Lipinski definition) is 7. The minimum absolute atomic E-state index is 0.181. The molecular formula is C18H21N3O6S. The Morgan fingerprint density at radius 3 is 2.32 bits per heavy atom. The van der Waals surface area contributed by atoms with Gasteiger partial charge in [-0.15, -0.1) is 0 Å². The van der Waals surface area contributed by atoms with Crippen molar-refractivity contribution in [3.63, 3.8) is 0 Å². The molecule has 0 aliphatic carbocycles. The molecule has 2 aromatic rings. The van der Waals surface area contributed by atoms with Crippen molar-refractivity contribution in [2.45, 2.75) is 18.7 Å². The van der Waals surface area contributed by atoms with Crippen LogP contribution in [-0.4, -0.2) is 67.4 Å². The molecule has 2 heterocycles. The molecule has 0 unspecified atom stereocenters. The number of carbonyl (C=O) groups is 2. The zero-order valence-electron chi connectivity index (χ0n) is 15.6. The lowest BCUT2D eigenvalue weighted by Crippen LogP contribution is -2.51. The lowest BCUT2D eigenvalue weighted by molar-refractivity contribution is -0.135. The second kappa shape index (κ2) is 8.11. The van der Waals surface area contributed by atoms with E-state index in [1.54, 1.807) is 44.2 Å². The number of amides is 1. The van der Waals surface area contributed by atoms with Gasteiger partial charge in [-0.2, -0.15) is 4.31 Å². The molecule has 0 saturated carbocycles. The van der Waals surface area contributed by atoms with Gasteiger partial charge < -0.3 is 14.2 Å². The van der Waals surface area contributed by atoms with Crippen molar-refractivity contribution in [3.8, 4) is 0 Å². The number of carbonyl (C=O) groups excluding carboxylic acids is 2. The van der Waals surface area contributed by atoms with Gasteiger partial charge in [-0.3, -0.25) is 4.79 Å². The number of ether oxygens (including phenoxy) is 1. The van der Waals surface area contributed by atoms with Gasteiger partial charge in [0.15, 0.2) is 6.61 Å². The van der Waals surface area contributed by atoms with Crippen LogP contribution in [0.1, 0.15) is 21.8 Å². The average molecular weight is 407 g/mol. The summed E-state index contributed by atoms with van der Waals surface area (Å²) in [5.74, 6) is -0.721. The van der Waals surface area contributed by atoms with Crippen LogP contribution in [0.15, 0.2) is 39.8 Å². The summed E-state index contributed by atoms with van der Waals surface area (Å²) in [4.78, 5) is 26.1. The monoisotopic (exact) mass is 407 g/mol. The molecule has 150 valence electrons. The topological polar surface area (TPSA) is 110 Å². The lowest BCUT2D eigenvalue weighted by Gasteiger charge is -2.33. The third-order valence-corrected chi connectivity index (χ3v) is 6.45. The Hall–Kier alpha value is -2.72. The third-order valence-electron chi connectivity index (χ3n) is 4.54. The van der Waals surface area contributed by atoms with E-state index in [1.807, 2.05) is 0 Å². The van der Waals surface area contributed by atoms with Crippen molar-refractivity contribution in [2.24, 2.45) is 0 Å². The van der Waals surface area contributed by atoms with E-state index in [4.69, 9.17) is 9.26 Å². The van der Waals surface area contributed by atoms with Crippen LogP contribution in [0.25, 0.3) is 0 Å². The van der Waals surface area contributed by atoms with E-state index >= 15 is 0 Å². The van der Waals surface area contributed by atoms with Crippen LogP contribution in [-0.2, 0) is 19.6 Å². The molecule has 1 amide bonds. The van der Waals surface area contributed by atoms with E-state index in [1.165, 1.54) is 9.21 Å². The van der Waals surface area contributed by atoms with Crippen molar-refractivity contribution in [3.05, 3.63) is 47.3 Å². The van der Waals surface area contributed by atoms with E-state index in [-0.39, 0.29) is 42.5 Å². The summed E-state index contributed by atoms with van der Waals surface area (Å²) in [5.41, 5.74) is 0.612. The fourth-order valence-electron chi connectivity index (χ4n) is 2.98. The SMILES string of the molecule is Cc1noc(C)c1C(=O)OCC(=O)N1CCN(S(=O)(=O)c2ccccc2)CC1. The normalized spacial score (nSPS) is 15.4. The summed E-state index contributed by atoms with van der Waals surface area (Å²) in [6, 6.07) is 8.17. The molecule has 0 spiro atoms. The highest BCUT2D eigenvalue weighted by Crippen LogP contribution is 2.17. The van der Waals surface area contributed by atoms with Crippen LogP contribution in [0.4, 0.5) is 0 Å². The number of esters is 1. The minimum atomic E-state index is -3.58. The molecule has 1 aliphatic heterocycles. The largest absolute Gasteiger partial charge is 0.452 e. The highest BCUT2D eigenvalue weighted by atomic mass is 32.2. The maximum atomic E-state index is 12.6. The van der Waals surface area contributed by atoms with Crippen molar-refractivity contribution >= 4 is 21.9 Å². The van der Waals surface area contributed by atoms with Gasteiger partial charge in [-0.25, -0.2) is 13.2 Å². The molecule has 0 atom stereocenters. The maximum Gasteiger partial charge on any atom is 0.344 e. The number of rotatable bonds is 5. The smallest absolute Gasteiger partial charge is 0.344 e. The number of sulfonamides is 1. The van der Waals surface area contributed by atoms with Gasteiger partial charge >= 0.3 is 5.97 Å². The van der Waals surface area contributed by atoms with Crippen LogP contribution >= 0.6 is 0 Å². The van der Waals surface area contributed by atoms with E-state index < -0.39 is 22.6 Å². The Morgan fingerprint density at radius 2 is 1.75 bits per heavy atom. The van der Waals surface area contributed by atoms with E-state index in [9.17, 15) is 18.0 Å². The van der Waals surface area contributed by atoms with Crippen molar-refractivity contribution in [1.29, 1.82) is 0 Å². The summed E-state index contributed by atoms with van der Waals surface area (Å²) in [7, 11) is -3.58. The zero-order chi connectivity index (χ0) is 20.3. The van der Waals surface area contributed by atoms with Gasteiger partial charge in [0, 0.05) is 26.2 Å². The first kappa shape index (κ1) is 20.0. The zero-order valence-corrected chi connectivity index (χ0v) is 16.4. The molecule has 0 bridgehead atoms. The first-order chi connectivity index (χ1) is 13.3. The van der Waals surface area contributed by atoms with Crippen molar-refractivity contribution in [1.82, 2.24) is 14.4 Å². The Balaban J connectivity index is 1.53. The molecule has 1 aliphatic rings. The van der Waals surface area contributed by atoms with Gasteiger partial charge in [0.25, 0.3) is 5.91 Å². The van der Waals surface area contributed by atoms with Gasteiger partial charge in [0.2, 0.25) is 10.0 Å². The van der Waals surface area contributed by atoms with Crippen LogP contribution < -0.4 is 0 Å². The molecule has 9 nitrogen and oxygen atoms in total. The van der Waals surface area contributed by atoms with Gasteiger partial charge in [0.1, 0.15) is 11.3 Å². The first-order valence-electron chi connectivity index (χ1n) is 8.73. The van der Waals surface area contributed by atoms with Crippen molar-refractivity contribution in [2.75, 3.05) is 32.8 Å². The highest BCUT2D eigenvalue weighted by Gasteiger charge is 2.30. The Bertz CT molecular complexity index is 943. The lowest BCUT2D eigenvalue weighted by atomic mass is 10.2. The first-order valence-corrected chi connectivity index (χ1v) is 10.2.